The van der Waals surface area contributed by atoms with Crippen molar-refractivity contribution in [1.29, 1.82) is 0 Å². The topological polar surface area (TPSA) is 70.2 Å². The molecule has 0 atom stereocenters. The van der Waals surface area contributed by atoms with Gasteiger partial charge < -0.3 is 14.5 Å². The minimum Gasteiger partial charge on any atom is -0.369 e. The van der Waals surface area contributed by atoms with Crippen molar-refractivity contribution in [3.63, 3.8) is 0 Å². The van der Waals surface area contributed by atoms with E-state index >= 15 is 0 Å². The van der Waals surface area contributed by atoms with Gasteiger partial charge in [-0.05, 0) is 12.8 Å². The largest absolute Gasteiger partial charge is 0.369 e. The Bertz CT molecular complexity index is 411. The van der Waals surface area contributed by atoms with Crippen molar-refractivity contribution in [3.8, 4) is 0 Å². The smallest absolute Gasteiger partial charge is 0.219 e. The van der Waals surface area contributed by atoms with Crippen molar-refractivity contribution in [1.82, 2.24) is 9.80 Å². The third-order valence-electron chi connectivity index (χ3n) is 4.44. The Morgan fingerprint density at radius 3 is 1.76 bits per heavy atom. The van der Waals surface area contributed by atoms with Gasteiger partial charge in [0.05, 0.1) is 12.2 Å². The molecule has 0 aromatic carbocycles. The molecule has 0 aromatic rings. The summed E-state index contributed by atoms with van der Waals surface area (Å²) < 4.78 is 5.33. The van der Waals surface area contributed by atoms with Gasteiger partial charge in [0.25, 0.3) is 0 Å². The summed E-state index contributed by atoms with van der Waals surface area (Å²) in [5, 5.41) is 0. The second-order valence-electron chi connectivity index (χ2n) is 6.02. The number of epoxide rings is 1. The molecule has 0 bridgehead atoms. The van der Waals surface area contributed by atoms with Crippen LogP contribution >= 0.6 is 0 Å². The monoisotopic (exact) mass is 296 g/mol. The van der Waals surface area contributed by atoms with Crippen molar-refractivity contribution in [3.05, 3.63) is 0 Å². The quantitative estimate of drug-likeness (QED) is 0.614. The lowest BCUT2D eigenvalue weighted by molar-refractivity contribution is -0.133. The molecule has 0 aromatic heterocycles. The first-order chi connectivity index (χ1) is 9.92. The predicted molar refractivity (Wildman–Crippen MR) is 76.7 cm³/mol. The van der Waals surface area contributed by atoms with Crippen LogP contribution in [0.15, 0.2) is 0 Å². The molecule has 0 unspecified atom stereocenters. The number of carbonyl (C=O) groups excluding carboxylic acids is 3. The van der Waals surface area contributed by atoms with Crippen molar-refractivity contribution in [2.24, 2.45) is 0 Å². The average Bonchev–Trinajstić information content (AvgIpc) is 3.20. The maximum absolute atomic E-state index is 10.9. The van der Waals surface area contributed by atoms with E-state index in [4.69, 9.17) is 4.74 Å². The molecule has 2 amide bonds. The van der Waals surface area contributed by atoms with Crippen LogP contribution in [-0.4, -0.2) is 65.8 Å². The van der Waals surface area contributed by atoms with Crippen LogP contribution in [0, 0.1) is 0 Å². The molecule has 3 rings (SSSR count). The molecule has 6 nitrogen and oxygen atoms in total. The van der Waals surface area contributed by atoms with Gasteiger partial charge in [-0.15, -0.1) is 0 Å². The standard InChI is InChI=1S/C8H13NO2.C7H11NO2/c1-7(10)9-4-2-8(3-5-9)6-11-8;1-6(9)8-4-2-7(10)3-5-8/h2-6H2,1H3;2-5H2,1H3. The molecule has 3 saturated heterocycles. The van der Waals surface area contributed by atoms with Crippen LogP contribution in [0.2, 0.25) is 0 Å². The van der Waals surface area contributed by atoms with E-state index < -0.39 is 0 Å². The second-order valence-corrected chi connectivity index (χ2v) is 6.02. The SMILES string of the molecule is CC(=O)N1CCC(=O)CC1.CC(=O)N1CCC2(CC1)CO2. The van der Waals surface area contributed by atoms with E-state index in [1.54, 1.807) is 11.8 Å². The second kappa shape index (κ2) is 6.56. The summed E-state index contributed by atoms with van der Waals surface area (Å²) in [6, 6.07) is 0. The van der Waals surface area contributed by atoms with E-state index in [9.17, 15) is 14.4 Å². The molecule has 6 heteroatoms. The molecule has 118 valence electrons. The highest BCUT2D eigenvalue weighted by Gasteiger charge is 2.46. The Balaban J connectivity index is 0.000000155. The molecule has 3 aliphatic rings. The Hall–Kier alpha value is -1.43. The lowest BCUT2D eigenvalue weighted by Crippen LogP contribution is -2.40. The number of likely N-dealkylation sites (tertiary alicyclic amines) is 2. The van der Waals surface area contributed by atoms with Gasteiger partial charge in [-0.1, -0.05) is 0 Å². The van der Waals surface area contributed by atoms with Crippen LogP contribution in [0.3, 0.4) is 0 Å². The lowest BCUT2D eigenvalue weighted by Gasteiger charge is -2.29. The molecule has 0 radical (unpaired) electrons. The van der Waals surface area contributed by atoms with Crippen LogP contribution in [0.1, 0.15) is 39.5 Å². The van der Waals surface area contributed by atoms with Crippen molar-refractivity contribution < 1.29 is 19.1 Å². The first-order valence-electron chi connectivity index (χ1n) is 7.59. The van der Waals surface area contributed by atoms with Gasteiger partial charge in [-0.25, -0.2) is 0 Å². The van der Waals surface area contributed by atoms with Gasteiger partial charge in [0, 0.05) is 52.9 Å². The van der Waals surface area contributed by atoms with Crippen LogP contribution in [0.5, 0.6) is 0 Å². The van der Waals surface area contributed by atoms with Crippen molar-refractivity contribution in [2.75, 3.05) is 32.8 Å². The van der Waals surface area contributed by atoms with Gasteiger partial charge in [0.1, 0.15) is 5.78 Å². The third kappa shape index (κ3) is 4.52. The molecule has 3 aliphatic heterocycles. The fourth-order valence-corrected chi connectivity index (χ4v) is 2.69. The van der Waals surface area contributed by atoms with Crippen LogP contribution in [-0.2, 0) is 19.1 Å². The molecule has 0 aliphatic carbocycles. The number of ketones is 1. The zero-order chi connectivity index (χ0) is 15.5. The van der Waals surface area contributed by atoms with E-state index in [1.165, 1.54) is 6.92 Å². The normalized spacial score (nSPS) is 23.4. The Morgan fingerprint density at radius 2 is 1.38 bits per heavy atom. The first-order valence-corrected chi connectivity index (χ1v) is 7.59. The molecule has 0 saturated carbocycles. The maximum Gasteiger partial charge on any atom is 0.219 e. The molecule has 3 heterocycles. The minimum absolute atomic E-state index is 0.0764. The fourth-order valence-electron chi connectivity index (χ4n) is 2.69. The number of piperidine rings is 2. The van der Waals surface area contributed by atoms with E-state index in [2.05, 4.69) is 0 Å². The summed E-state index contributed by atoms with van der Waals surface area (Å²) in [7, 11) is 0. The zero-order valence-corrected chi connectivity index (χ0v) is 12.9. The highest BCUT2D eigenvalue weighted by atomic mass is 16.6. The fraction of sp³-hybridized carbons (Fsp3) is 0.800. The number of hydrogen-bond acceptors (Lipinski definition) is 4. The number of hydrogen-bond donors (Lipinski definition) is 0. The average molecular weight is 296 g/mol. The van der Waals surface area contributed by atoms with Crippen molar-refractivity contribution in [2.45, 2.75) is 45.1 Å². The molecule has 21 heavy (non-hydrogen) atoms. The Morgan fingerprint density at radius 1 is 0.952 bits per heavy atom. The molecule has 3 fully saturated rings. The van der Waals surface area contributed by atoms with Gasteiger partial charge in [-0.3, -0.25) is 14.4 Å². The molecule has 1 spiro atoms. The summed E-state index contributed by atoms with van der Waals surface area (Å²) in [4.78, 5) is 35.9. The summed E-state index contributed by atoms with van der Waals surface area (Å²) >= 11 is 0. The lowest BCUT2D eigenvalue weighted by atomic mass is 9.98. The van der Waals surface area contributed by atoms with Crippen LogP contribution in [0.4, 0.5) is 0 Å². The summed E-state index contributed by atoms with van der Waals surface area (Å²) in [5.41, 5.74) is 0.200. The number of amides is 2. The molecule has 0 N–H and O–H groups in total. The first kappa shape index (κ1) is 15.9. The van der Waals surface area contributed by atoms with Gasteiger partial charge in [0.15, 0.2) is 0 Å². The zero-order valence-electron chi connectivity index (χ0n) is 12.9. The number of ether oxygens (including phenoxy) is 1. The third-order valence-corrected chi connectivity index (χ3v) is 4.44. The van der Waals surface area contributed by atoms with Gasteiger partial charge >= 0.3 is 0 Å². The maximum atomic E-state index is 10.9. The highest BCUT2D eigenvalue weighted by molar-refractivity contribution is 5.82. The number of carbonyl (C=O) groups is 3. The predicted octanol–water partition coefficient (Wildman–Crippen LogP) is 0.595. The number of nitrogens with zero attached hydrogens (tertiary/aromatic N) is 2. The highest BCUT2D eigenvalue weighted by Crippen LogP contribution is 2.37. The van der Waals surface area contributed by atoms with Gasteiger partial charge in [-0.2, -0.15) is 0 Å². The molecular formula is C15H24N2O4. The summed E-state index contributed by atoms with van der Waals surface area (Å²) in [6.45, 7) is 7.09. The molecular weight excluding hydrogens is 272 g/mol. The van der Waals surface area contributed by atoms with Crippen LogP contribution < -0.4 is 0 Å². The Kier molecular flexibility index (Phi) is 4.98. The number of rotatable bonds is 0. The van der Waals surface area contributed by atoms with E-state index in [0.29, 0.717) is 25.9 Å². The number of Topliss-reactive ketones (excluding diaryl/α,β-unsaturated/α-hetero) is 1. The summed E-state index contributed by atoms with van der Waals surface area (Å²) in [5.74, 6) is 0.547. The van der Waals surface area contributed by atoms with Crippen molar-refractivity contribution >= 4 is 17.6 Å². The van der Waals surface area contributed by atoms with E-state index in [1.807, 2.05) is 4.90 Å². The Labute approximate surface area is 125 Å². The minimum atomic E-state index is 0.0764. The summed E-state index contributed by atoms with van der Waals surface area (Å²) in [6.07, 6.45) is 3.15. The van der Waals surface area contributed by atoms with Crippen LogP contribution in [0.25, 0.3) is 0 Å². The van der Waals surface area contributed by atoms with E-state index in [0.717, 1.165) is 32.5 Å². The van der Waals surface area contributed by atoms with E-state index in [-0.39, 0.29) is 23.2 Å². The van der Waals surface area contributed by atoms with Gasteiger partial charge in [0.2, 0.25) is 11.8 Å².